The van der Waals surface area contributed by atoms with Crippen LogP contribution in [0, 0.1) is 12.8 Å². The van der Waals surface area contributed by atoms with Crippen molar-refractivity contribution >= 4 is 0 Å². The van der Waals surface area contributed by atoms with Gasteiger partial charge in [0, 0.05) is 13.2 Å². The van der Waals surface area contributed by atoms with Crippen molar-refractivity contribution in [2.24, 2.45) is 5.92 Å². The molecule has 9 heavy (non-hydrogen) atoms. The molecule has 0 aliphatic heterocycles. The Morgan fingerprint density at radius 1 is 1.56 bits per heavy atom. The molecule has 0 saturated heterocycles. The lowest BCUT2D eigenvalue weighted by molar-refractivity contribution is 0.113. The molecule has 1 heteroatoms. The fourth-order valence-electron chi connectivity index (χ4n) is 0.751. The Kier molecular flexibility index (Phi) is 6.06. The largest absolute Gasteiger partial charge is 0.381 e. The van der Waals surface area contributed by atoms with Crippen molar-refractivity contribution in [3.63, 3.8) is 0 Å². The van der Waals surface area contributed by atoms with E-state index in [1.165, 1.54) is 6.42 Å². The quantitative estimate of drug-likeness (QED) is 0.553. The lowest BCUT2D eigenvalue weighted by atomic mass is 10.1. The van der Waals surface area contributed by atoms with E-state index < -0.39 is 0 Å². The van der Waals surface area contributed by atoms with E-state index in [2.05, 4.69) is 13.8 Å². The van der Waals surface area contributed by atoms with Gasteiger partial charge in [-0.2, -0.15) is 0 Å². The van der Waals surface area contributed by atoms with E-state index in [-0.39, 0.29) is 0 Å². The van der Waals surface area contributed by atoms with Crippen LogP contribution in [0.3, 0.4) is 0 Å². The van der Waals surface area contributed by atoms with Crippen molar-refractivity contribution < 1.29 is 4.74 Å². The van der Waals surface area contributed by atoms with Gasteiger partial charge < -0.3 is 4.74 Å². The Balaban J connectivity index is 2.95. The summed E-state index contributed by atoms with van der Waals surface area (Å²) < 4.78 is 5.22. The zero-order valence-electron chi connectivity index (χ0n) is 6.52. The van der Waals surface area contributed by atoms with Gasteiger partial charge in [0.2, 0.25) is 0 Å². The second-order valence-corrected chi connectivity index (χ2v) is 2.41. The third-order valence-corrected chi connectivity index (χ3v) is 1.30. The second kappa shape index (κ2) is 6.09. The van der Waals surface area contributed by atoms with E-state index in [1.54, 1.807) is 0 Å². The predicted molar refractivity (Wildman–Crippen MR) is 40.2 cm³/mol. The minimum atomic E-state index is 0.683. The molecule has 0 aromatic rings. The van der Waals surface area contributed by atoms with E-state index in [0.29, 0.717) is 5.92 Å². The smallest absolute Gasteiger partial charge is 0.0491 e. The summed E-state index contributed by atoms with van der Waals surface area (Å²) in [6.45, 7) is 9.73. The summed E-state index contributed by atoms with van der Waals surface area (Å²) in [6.07, 6.45) is 2.20. The van der Waals surface area contributed by atoms with Gasteiger partial charge in [-0.05, 0) is 19.3 Å². The van der Waals surface area contributed by atoms with Gasteiger partial charge in [-0.1, -0.05) is 20.3 Å². The summed E-state index contributed by atoms with van der Waals surface area (Å²) in [5.74, 6) is 0.683. The molecule has 0 aromatic carbocycles. The normalized spacial score (nSPS) is 13.7. The highest BCUT2D eigenvalue weighted by atomic mass is 16.5. The van der Waals surface area contributed by atoms with Crippen LogP contribution in [0.1, 0.15) is 26.7 Å². The molecule has 0 saturated carbocycles. The summed E-state index contributed by atoms with van der Waals surface area (Å²) in [6, 6.07) is 0. The van der Waals surface area contributed by atoms with Gasteiger partial charge in [0.15, 0.2) is 0 Å². The van der Waals surface area contributed by atoms with E-state index >= 15 is 0 Å². The first-order valence-corrected chi connectivity index (χ1v) is 3.68. The summed E-state index contributed by atoms with van der Waals surface area (Å²) in [7, 11) is 0. The van der Waals surface area contributed by atoms with Gasteiger partial charge in [0.25, 0.3) is 0 Å². The van der Waals surface area contributed by atoms with Crippen molar-refractivity contribution in [2.75, 3.05) is 13.2 Å². The molecule has 0 spiro atoms. The molecule has 0 bridgehead atoms. The lowest BCUT2D eigenvalue weighted by Crippen LogP contribution is -2.04. The molecular weight excluding hydrogens is 112 g/mol. The molecule has 0 aromatic heterocycles. The maximum absolute atomic E-state index is 5.22. The fourth-order valence-corrected chi connectivity index (χ4v) is 0.751. The molecule has 0 N–H and O–H groups in total. The highest BCUT2D eigenvalue weighted by Crippen LogP contribution is 2.03. The van der Waals surface area contributed by atoms with Crippen molar-refractivity contribution in [1.29, 1.82) is 0 Å². The molecule has 1 nitrogen and oxygen atoms in total. The summed E-state index contributed by atoms with van der Waals surface area (Å²) in [4.78, 5) is 0. The molecule has 0 heterocycles. The third-order valence-electron chi connectivity index (χ3n) is 1.30. The Morgan fingerprint density at radius 3 is 2.67 bits per heavy atom. The monoisotopic (exact) mass is 129 g/mol. The Labute approximate surface area is 58.4 Å². The fraction of sp³-hybridized carbons (Fsp3) is 0.875. The second-order valence-electron chi connectivity index (χ2n) is 2.41. The average molecular weight is 129 g/mol. The van der Waals surface area contributed by atoms with Crippen LogP contribution in [0.4, 0.5) is 0 Å². The van der Waals surface area contributed by atoms with Gasteiger partial charge >= 0.3 is 0 Å². The first-order chi connectivity index (χ1) is 4.31. The SMILES string of the molecule is [CH2]CCC(C)COCC. The number of rotatable bonds is 5. The lowest BCUT2D eigenvalue weighted by Gasteiger charge is -2.08. The van der Waals surface area contributed by atoms with Gasteiger partial charge in [0.05, 0.1) is 0 Å². The van der Waals surface area contributed by atoms with Crippen molar-refractivity contribution in [3.05, 3.63) is 6.92 Å². The van der Waals surface area contributed by atoms with E-state index in [0.717, 1.165) is 19.6 Å². The third kappa shape index (κ3) is 5.84. The van der Waals surface area contributed by atoms with Gasteiger partial charge in [0.1, 0.15) is 0 Å². The molecule has 0 fully saturated rings. The predicted octanol–water partition coefficient (Wildman–Crippen LogP) is 2.27. The zero-order chi connectivity index (χ0) is 7.11. The Hall–Kier alpha value is -0.0400. The molecule has 0 amide bonds. The standard InChI is InChI=1S/C8H17O/c1-4-6-8(3)7-9-5-2/h8H,1,4-7H2,2-3H3. The topological polar surface area (TPSA) is 9.23 Å². The Morgan fingerprint density at radius 2 is 2.22 bits per heavy atom. The molecule has 0 aliphatic carbocycles. The van der Waals surface area contributed by atoms with E-state index in [9.17, 15) is 0 Å². The molecule has 1 radical (unpaired) electrons. The minimum absolute atomic E-state index is 0.683. The van der Waals surface area contributed by atoms with Gasteiger partial charge in [-0.3, -0.25) is 0 Å². The van der Waals surface area contributed by atoms with Crippen LogP contribution >= 0.6 is 0 Å². The van der Waals surface area contributed by atoms with E-state index in [1.807, 2.05) is 6.92 Å². The molecule has 1 unspecified atom stereocenters. The highest BCUT2D eigenvalue weighted by Gasteiger charge is 1.97. The summed E-state index contributed by atoms with van der Waals surface area (Å²) in [5.41, 5.74) is 0. The molecule has 0 rings (SSSR count). The van der Waals surface area contributed by atoms with Crippen LogP contribution in [0.15, 0.2) is 0 Å². The summed E-state index contributed by atoms with van der Waals surface area (Å²) in [5, 5.41) is 0. The Bertz CT molecular complexity index is 52.5. The van der Waals surface area contributed by atoms with Crippen LogP contribution < -0.4 is 0 Å². The van der Waals surface area contributed by atoms with Crippen molar-refractivity contribution in [2.45, 2.75) is 26.7 Å². The number of ether oxygens (including phenoxy) is 1. The maximum Gasteiger partial charge on any atom is 0.0491 e. The summed E-state index contributed by atoms with van der Waals surface area (Å²) >= 11 is 0. The van der Waals surface area contributed by atoms with Gasteiger partial charge in [-0.25, -0.2) is 0 Å². The zero-order valence-corrected chi connectivity index (χ0v) is 6.52. The van der Waals surface area contributed by atoms with Gasteiger partial charge in [-0.15, -0.1) is 0 Å². The van der Waals surface area contributed by atoms with Crippen LogP contribution in [0.25, 0.3) is 0 Å². The van der Waals surface area contributed by atoms with Crippen molar-refractivity contribution in [3.8, 4) is 0 Å². The first kappa shape index (κ1) is 8.96. The molecule has 55 valence electrons. The average Bonchev–Trinajstić information content (AvgIpc) is 1.85. The number of hydrogen-bond donors (Lipinski definition) is 0. The first-order valence-electron chi connectivity index (χ1n) is 3.68. The number of hydrogen-bond acceptors (Lipinski definition) is 1. The van der Waals surface area contributed by atoms with Crippen molar-refractivity contribution in [1.82, 2.24) is 0 Å². The molecule has 0 aliphatic rings. The van der Waals surface area contributed by atoms with Crippen LogP contribution in [0.2, 0.25) is 0 Å². The van der Waals surface area contributed by atoms with Crippen LogP contribution in [-0.4, -0.2) is 13.2 Å². The highest BCUT2D eigenvalue weighted by molar-refractivity contribution is 4.51. The molecular formula is C8H17O. The maximum atomic E-state index is 5.22. The van der Waals surface area contributed by atoms with E-state index in [4.69, 9.17) is 4.74 Å². The van der Waals surface area contributed by atoms with Crippen LogP contribution in [-0.2, 0) is 4.74 Å². The minimum Gasteiger partial charge on any atom is -0.381 e. The molecule has 1 atom stereocenters. The van der Waals surface area contributed by atoms with Crippen LogP contribution in [0.5, 0.6) is 0 Å².